The molecule has 0 aliphatic rings. The Hall–Kier alpha value is -2.43. The van der Waals surface area contributed by atoms with Crippen LogP contribution in [0, 0.1) is 12.7 Å². The topological polar surface area (TPSA) is 49.3 Å². The smallest absolute Gasteiger partial charge is 0.191 e. The average molecular weight is 286 g/mol. The van der Waals surface area contributed by atoms with E-state index in [2.05, 4.69) is 20.6 Å². The molecule has 0 aliphatic heterocycles. The highest BCUT2D eigenvalue weighted by molar-refractivity contribution is 5.79. The van der Waals surface area contributed by atoms with E-state index in [1.807, 2.05) is 24.3 Å². The van der Waals surface area contributed by atoms with Crippen LogP contribution < -0.4 is 10.6 Å². The molecule has 1 aromatic heterocycles. The molecule has 2 N–H and O–H groups in total. The van der Waals surface area contributed by atoms with Crippen molar-refractivity contribution in [3.63, 3.8) is 0 Å². The van der Waals surface area contributed by atoms with Gasteiger partial charge in [0.1, 0.15) is 5.82 Å². The fraction of sp³-hybridized carbons (Fsp3) is 0.250. The van der Waals surface area contributed by atoms with E-state index in [9.17, 15) is 4.39 Å². The molecule has 0 radical (unpaired) electrons. The molecule has 0 bridgehead atoms. The molecule has 0 aliphatic carbocycles. The van der Waals surface area contributed by atoms with E-state index in [-0.39, 0.29) is 5.82 Å². The van der Waals surface area contributed by atoms with E-state index >= 15 is 0 Å². The molecule has 0 unspecified atom stereocenters. The maximum absolute atomic E-state index is 13.5. The maximum atomic E-state index is 13.5. The molecule has 5 heteroatoms. The highest BCUT2D eigenvalue weighted by Gasteiger charge is 2.02. The Morgan fingerprint density at radius 1 is 1.19 bits per heavy atom. The number of benzene rings is 1. The summed E-state index contributed by atoms with van der Waals surface area (Å²) in [6.07, 6.45) is 1.75. The van der Waals surface area contributed by atoms with Gasteiger partial charge in [0.05, 0.1) is 12.2 Å². The zero-order valence-corrected chi connectivity index (χ0v) is 12.2. The summed E-state index contributed by atoms with van der Waals surface area (Å²) in [4.78, 5) is 8.36. The first-order chi connectivity index (χ1) is 10.2. The third-order valence-corrected chi connectivity index (χ3v) is 3.08. The predicted octanol–water partition coefficient (Wildman–Crippen LogP) is 2.39. The summed E-state index contributed by atoms with van der Waals surface area (Å²) >= 11 is 0. The molecule has 0 saturated heterocycles. The molecule has 0 saturated carbocycles. The van der Waals surface area contributed by atoms with Gasteiger partial charge in [0.15, 0.2) is 5.96 Å². The number of hydrogen-bond donors (Lipinski definition) is 2. The number of aryl methyl sites for hydroxylation is 1. The quantitative estimate of drug-likeness (QED) is 0.670. The van der Waals surface area contributed by atoms with Gasteiger partial charge in [0.25, 0.3) is 0 Å². The van der Waals surface area contributed by atoms with Gasteiger partial charge in [-0.05, 0) is 36.2 Å². The first-order valence-electron chi connectivity index (χ1n) is 6.78. The molecule has 0 amide bonds. The van der Waals surface area contributed by atoms with Crippen molar-refractivity contribution in [2.24, 2.45) is 4.99 Å². The fourth-order valence-corrected chi connectivity index (χ4v) is 1.83. The summed E-state index contributed by atoms with van der Waals surface area (Å²) in [5.41, 5.74) is 2.46. The Labute approximate surface area is 124 Å². The zero-order valence-electron chi connectivity index (χ0n) is 12.2. The van der Waals surface area contributed by atoms with Crippen LogP contribution in [0.25, 0.3) is 0 Å². The Morgan fingerprint density at radius 2 is 2.00 bits per heavy atom. The van der Waals surface area contributed by atoms with Gasteiger partial charge in [0.2, 0.25) is 0 Å². The number of hydrogen-bond acceptors (Lipinski definition) is 2. The minimum atomic E-state index is -0.189. The Balaban J connectivity index is 1.86. The van der Waals surface area contributed by atoms with Crippen LogP contribution in [-0.2, 0) is 13.1 Å². The number of rotatable bonds is 4. The molecule has 4 nitrogen and oxygen atoms in total. The standard InChI is InChI=1S/C16H19FN4/c1-12-6-7-13(9-15(12)17)10-20-16(18-2)21-11-14-5-3-4-8-19-14/h3-9H,10-11H2,1-2H3,(H2,18,20,21). The number of aromatic nitrogens is 1. The molecule has 0 spiro atoms. The minimum Gasteiger partial charge on any atom is -0.352 e. The van der Waals surface area contributed by atoms with Gasteiger partial charge in [-0.25, -0.2) is 4.39 Å². The number of aliphatic imine (C=N–C) groups is 1. The van der Waals surface area contributed by atoms with Gasteiger partial charge >= 0.3 is 0 Å². The highest BCUT2D eigenvalue weighted by Crippen LogP contribution is 2.08. The van der Waals surface area contributed by atoms with E-state index in [4.69, 9.17) is 0 Å². The molecule has 2 rings (SSSR count). The third kappa shape index (κ3) is 4.56. The average Bonchev–Trinajstić information content (AvgIpc) is 2.52. The summed E-state index contributed by atoms with van der Waals surface area (Å²) in [6.45, 7) is 2.85. The number of halogens is 1. The summed E-state index contributed by atoms with van der Waals surface area (Å²) in [6, 6.07) is 11.0. The van der Waals surface area contributed by atoms with Gasteiger partial charge in [-0.1, -0.05) is 18.2 Å². The van der Waals surface area contributed by atoms with Crippen molar-refractivity contribution in [1.29, 1.82) is 0 Å². The normalized spacial score (nSPS) is 11.3. The Kier molecular flexibility index (Phi) is 5.26. The number of nitrogens with zero attached hydrogens (tertiary/aromatic N) is 2. The SMILES string of the molecule is CN=C(NCc1ccc(C)c(F)c1)NCc1ccccn1. The highest BCUT2D eigenvalue weighted by atomic mass is 19.1. The molecule has 0 fully saturated rings. The molecule has 1 heterocycles. The van der Waals surface area contributed by atoms with E-state index < -0.39 is 0 Å². The van der Waals surface area contributed by atoms with Gasteiger partial charge < -0.3 is 10.6 Å². The molecular weight excluding hydrogens is 267 g/mol. The van der Waals surface area contributed by atoms with Crippen LogP contribution in [0.4, 0.5) is 4.39 Å². The molecule has 110 valence electrons. The van der Waals surface area contributed by atoms with Crippen LogP contribution in [-0.4, -0.2) is 18.0 Å². The minimum absolute atomic E-state index is 0.189. The number of guanidine groups is 1. The lowest BCUT2D eigenvalue weighted by Crippen LogP contribution is -2.36. The van der Waals surface area contributed by atoms with Gasteiger partial charge in [-0.15, -0.1) is 0 Å². The van der Waals surface area contributed by atoms with E-state index in [1.165, 1.54) is 6.07 Å². The zero-order chi connectivity index (χ0) is 15.1. The number of nitrogens with one attached hydrogen (secondary N) is 2. The van der Waals surface area contributed by atoms with Crippen molar-refractivity contribution in [2.75, 3.05) is 7.05 Å². The van der Waals surface area contributed by atoms with E-state index in [1.54, 1.807) is 26.2 Å². The van der Waals surface area contributed by atoms with Gasteiger partial charge in [-0.3, -0.25) is 9.98 Å². The summed E-state index contributed by atoms with van der Waals surface area (Å²) < 4.78 is 13.5. The third-order valence-electron chi connectivity index (χ3n) is 3.08. The first-order valence-corrected chi connectivity index (χ1v) is 6.78. The number of pyridine rings is 1. The molecule has 1 aromatic carbocycles. The molecule has 2 aromatic rings. The van der Waals surface area contributed by atoms with Crippen molar-refractivity contribution in [1.82, 2.24) is 15.6 Å². The Bertz CT molecular complexity index is 611. The van der Waals surface area contributed by atoms with Crippen LogP contribution in [0.1, 0.15) is 16.8 Å². The van der Waals surface area contributed by atoms with Crippen molar-refractivity contribution >= 4 is 5.96 Å². The second-order valence-electron chi connectivity index (χ2n) is 4.68. The van der Waals surface area contributed by atoms with Crippen LogP contribution in [0.2, 0.25) is 0 Å². The van der Waals surface area contributed by atoms with Crippen LogP contribution in [0.3, 0.4) is 0 Å². The largest absolute Gasteiger partial charge is 0.352 e. The summed E-state index contributed by atoms with van der Waals surface area (Å²) in [5.74, 6) is 0.465. The van der Waals surface area contributed by atoms with Crippen LogP contribution >= 0.6 is 0 Å². The second kappa shape index (κ2) is 7.38. The van der Waals surface area contributed by atoms with Crippen molar-refractivity contribution in [3.05, 3.63) is 65.2 Å². The molecular formula is C16H19FN4. The summed E-state index contributed by atoms with van der Waals surface area (Å²) in [7, 11) is 1.70. The lowest BCUT2D eigenvalue weighted by atomic mass is 10.1. The molecule has 0 atom stereocenters. The maximum Gasteiger partial charge on any atom is 0.191 e. The Morgan fingerprint density at radius 3 is 2.67 bits per heavy atom. The lowest BCUT2D eigenvalue weighted by Gasteiger charge is -2.12. The fourth-order valence-electron chi connectivity index (χ4n) is 1.83. The van der Waals surface area contributed by atoms with Crippen molar-refractivity contribution in [3.8, 4) is 0 Å². The molecule has 21 heavy (non-hydrogen) atoms. The monoisotopic (exact) mass is 286 g/mol. The van der Waals surface area contributed by atoms with Crippen molar-refractivity contribution < 1.29 is 4.39 Å². The summed E-state index contributed by atoms with van der Waals surface area (Å²) in [5, 5.41) is 6.31. The van der Waals surface area contributed by atoms with Gasteiger partial charge in [0, 0.05) is 19.8 Å². The van der Waals surface area contributed by atoms with E-state index in [0.29, 0.717) is 24.6 Å². The predicted molar refractivity (Wildman–Crippen MR) is 82.4 cm³/mol. The van der Waals surface area contributed by atoms with Crippen molar-refractivity contribution in [2.45, 2.75) is 20.0 Å². The van der Waals surface area contributed by atoms with E-state index in [0.717, 1.165) is 11.3 Å². The van der Waals surface area contributed by atoms with Crippen LogP contribution in [0.5, 0.6) is 0 Å². The lowest BCUT2D eigenvalue weighted by molar-refractivity contribution is 0.615. The first kappa shape index (κ1) is 15.0. The van der Waals surface area contributed by atoms with Gasteiger partial charge in [-0.2, -0.15) is 0 Å². The van der Waals surface area contributed by atoms with Crippen LogP contribution in [0.15, 0.2) is 47.6 Å². The second-order valence-corrected chi connectivity index (χ2v) is 4.68.